The van der Waals surface area contributed by atoms with Gasteiger partial charge in [0.05, 0.1) is 13.7 Å². The van der Waals surface area contributed by atoms with Gasteiger partial charge in [-0.15, -0.1) is 0 Å². The highest BCUT2D eigenvalue weighted by Gasteiger charge is 2.05. The Morgan fingerprint density at radius 1 is 0.962 bits per heavy atom. The van der Waals surface area contributed by atoms with Gasteiger partial charge in [0.25, 0.3) is 0 Å². The molecule has 2 rings (SSSR count). The second-order valence-electron chi connectivity index (χ2n) is 6.32. The molecule has 0 radical (unpaired) electrons. The van der Waals surface area contributed by atoms with E-state index in [1.54, 1.807) is 7.11 Å². The van der Waals surface area contributed by atoms with Crippen molar-refractivity contribution < 1.29 is 14.3 Å². The van der Waals surface area contributed by atoms with E-state index in [1.165, 1.54) is 16.7 Å². The van der Waals surface area contributed by atoms with Crippen LogP contribution in [0.15, 0.2) is 36.4 Å². The van der Waals surface area contributed by atoms with Crippen LogP contribution in [0, 0.1) is 20.8 Å². The fraction of sp³-hybridized carbons (Fsp3) is 0.381. The van der Waals surface area contributed by atoms with Crippen LogP contribution < -0.4 is 20.1 Å². The molecule has 0 unspecified atom stereocenters. The van der Waals surface area contributed by atoms with Crippen molar-refractivity contribution in [2.45, 2.75) is 27.2 Å². The zero-order valence-corrected chi connectivity index (χ0v) is 16.0. The van der Waals surface area contributed by atoms with E-state index in [-0.39, 0.29) is 5.91 Å². The summed E-state index contributed by atoms with van der Waals surface area (Å²) < 4.78 is 10.7. The fourth-order valence-electron chi connectivity index (χ4n) is 2.88. The molecule has 0 aliphatic heterocycles. The Morgan fingerprint density at radius 3 is 2.19 bits per heavy atom. The number of hydrogen-bond donors (Lipinski definition) is 2. The number of nitrogens with one attached hydrogen (secondary N) is 2. The molecule has 0 atom stereocenters. The summed E-state index contributed by atoms with van der Waals surface area (Å²) in [5.41, 5.74) is 4.78. The molecule has 5 nitrogen and oxygen atoms in total. The van der Waals surface area contributed by atoms with Gasteiger partial charge >= 0.3 is 0 Å². The number of anilines is 1. The molecule has 0 spiro atoms. The second kappa shape index (κ2) is 9.70. The lowest BCUT2D eigenvalue weighted by atomic mass is 10.1. The van der Waals surface area contributed by atoms with E-state index in [4.69, 9.17) is 9.47 Å². The predicted molar refractivity (Wildman–Crippen MR) is 105 cm³/mol. The Labute approximate surface area is 155 Å². The van der Waals surface area contributed by atoms with Crippen molar-refractivity contribution >= 4 is 11.6 Å². The molecule has 140 valence electrons. The number of hydrogen-bond acceptors (Lipinski definition) is 4. The number of ether oxygens (including phenoxy) is 2. The molecule has 0 aliphatic carbocycles. The first kappa shape index (κ1) is 19.6. The minimum atomic E-state index is 0.0123. The number of rotatable bonds is 9. The van der Waals surface area contributed by atoms with Crippen molar-refractivity contribution in [2.75, 3.05) is 32.1 Å². The molecule has 5 heteroatoms. The fourth-order valence-corrected chi connectivity index (χ4v) is 2.88. The van der Waals surface area contributed by atoms with Crippen LogP contribution in [0.3, 0.4) is 0 Å². The van der Waals surface area contributed by atoms with Crippen molar-refractivity contribution in [3.8, 4) is 11.5 Å². The summed E-state index contributed by atoms with van der Waals surface area (Å²) in [5, 5.41) is 6.23. The lowest BCUT2D eigenvalue weighted by Gasteiger charge is -2.14. The van der Waals surface area contributed by atoms with Gasteiger partial charge in [-0.25, -0.2) is 0 Å². The maximum Gasteiger partial charge on any atom is 0.221 e. The summed E-state index contributed by atoms with van der Waals surface area (Å²) in [5.74, 6) is 1.56. The first-order chi connectivity index (χ1) is 12.5. The molecule has 0 aliphatic rings. The van der Waals surface area contributed by atoms with Crippen molar-refractivity contribution in [3.05, 3.63) is 53.1 Å². The van der Waals surface area contributed by atoms with Crippen LogP contribution in [0.25, 0.3) is 0 Å². The van der Waals surface area contributed by atoms with Crippen LogP contribution in [0.1, 0.15) is 23.1 Å². The Bertz CT molecular complexity index is 704. The maximum atomic E-state index is 11.9. The SMILES string of the molecule is COc1ccc(OCCNC(=O)CCNc2c(C)cc(C)cc2C)cc1. The van der Waals surface area contributed by atoms with Crippen molar-refractivity contribution in [2.24, 2.45) is 0 Å². The first-order valence-corrected chi connectivity index (χ1v) is 8.85. The van der Waals surface area contributed by atoms with E-state index in [1.807, 2.05) is 24.3 Å². The summed E-state index contributed by atoms with van der Waals surface area (Å²) in [4.78, 5) is 11.9. The lowest BCUT2D eigenvalue weighted by Crippen LogP contribution is -2.29. The number of benzene rings is 2. The highest BCUT2D eigenvalue weighted by molar-refractivity contribution is 5.76. The third-order valence-corrected chi connectivity index (χ3v) is 4.08. The molecular weight excluding hydrogens is 328 g/mol. The third-order valence-electron chi connectivity index (χ3n) is 4.08. The summed E-state index contributed by atoms with van der Waals surface area (Å²) in [6, 6.07) is 11.7. The van der Waals surface area contributed by atoms with Crippen LogP contribution in [0.2, 0.25) is 0 Å². The van der Waals surface area contributed by atoms with Crippen LogP contribution in [0.5, 0.6) is 11.5 Å². The number of aryl methyl sites for hydroxylation is 3. The third kappa shape index (κ3) is 5.99. The van der Waals surface area contributed by atoms with Gasteiger partial charge < -0.3 is 20.1 Å². The molecule has 1 amide bonds. The van der Waals surface area contributed by atoms with E-state index < -0.39 is 0 Å². The molecule has 26 heavy (non-hydrogen) atoms. The minimum Gasteiger partial charge on any atom is -0.497 e. The summed E-state index contributed by atoms with van der Waals surface area (Å²) in [6.45, 7) is 7.77. The molecule has 0 heterocycles. The molecule has 0 saturated carbocycles. The van der Waals surface area contributed by atoms with E-state index in [9.17, 15) is 4.79 Å². The van der Waals surface area contributed by atoms with Crippen molar-refractivity contribution in [1.29, 1.82) is 0 Å². The highest BCUT2D eigenvalue weighted by Crippen LogP contribution is 2.21. The number of methoxy groups -OCH3 is 1. The highest BCUT2D eigenvalue weighted by atomic mass is 16.5. The normalized spacial score (nSPS) is 10.3. The van der Waals surface area contributed by atoms with E-state index >= 15 is 0 Å². The van der Waals surface area contributed by atoms with Crippen LogP contribution in [-0.2, 0) is 4.79 Å². The van der Waals surface area contributed by atoms with Gasteiger partial charge in [-0.05, 0) is 56.2 Å². The molecule has 0 bridgehead atoms. The summed E-state index contributed by atoms with van der Waals surface area (Å²) in [7, 11) is 1.63. The largest absolute Gasteiger partial charge is 0.497 e. The van der Waals surface area contributed by atoms with Crippen LogP contribution >= 0.6 is 0 Å². The van der Waals surface area contributed by atoms with Gasteiger partial charge in [0.2, 0.25) is 5.91 Å². The first-order valence-electron chi connectivity index (χ1n) is 8.85. The molecule has 0 aromatic heterocycles. The quantitative estimate of drug-likeness (QED) is 0.674. The average Bonchev–Trinajstić information content (AvgIpc) is 2.61. The van der Waals surface area contributed by atoms with E-state index in [0.717, 1.165) is 17.2 Å². The molecule has 0 fully saturated rings. The van der Waals surface area contributed by atoms with Gasteiger partial charge in [-0.2, -0.15) is 0 Å². The Hall–Kier alpha value is -2.69. The smallest absolute Gasteiger partial charge is 0.221 e. The zero-order valence-electron chi connectivity index (χ0n) is 16.0. The molecular formula is C21H28N2O3. The Morgan fingerprint density at radius 2 is 1.58 bits per heavy atom. The number of carbonyl (C=O) groups is 1. The molecule has 2 aromatic rings. The Kier molecular flexibility index (Phi) is 7.33. The van der Waals surface area contributed by atoms with E-state index in [0.29, 0.717) is 26.1 Å². The average molecular weight is 356 g/mol. The van der Waals surface area contributed by atoms with Gasteiger partial charge in [0.1, 0.15) is 18.1 Å². The maximum absolute atomic E-state index is 11.9. The van der Waals surface area contributed by atoms with Gasteiger partial charge in [-0.1, -0.05) is 17.7 Å². The Balaban J connectivity index is 1.64. The van der Waals surface area contributed by atoms with Gasteiger partial charge in [0.15, 0.2) is 0 Å². The van der Waals surface area contributed by atoms with Crippen LogP contribution in [0.4, 0.5) is 5.69 Å². The zero-order chi connectivity index (χ0) is 18.9. The standard InChI is InChI=1S/C21H28N2O3/c1-15-13-16(2)21(17(3)14-15)23-10-9-20(24)22-11-12-26-19-7-5-18(25-4)6-8-19/h5-8,13-14,23H,9-12H2,1-4H3,(H,22,24). The second-order valence-corrected chi connectivity index (χ2v) is 6.32. The van der Waals surface area contributed by atoms with Crippen molar-refractivity contribution in [3.63, 3.8) is 0 Å². The van der Waals surface area contributed by atoms with Crippen LogP contribution in [-0.4, -0.2) is 32.7 Å². The monoisotopic (exact) mass is 356 g/mol. The lowest BCUT2D eigenvalue weighted by molar-refractivity contribution is -0.120. The molecule has 2 N–H and O–H groups in total. The van der Waals surface area contributed by atoms with E-state index in [2.05, 4.69) is 43.5 Å². The summed E-state index contributed by atoms with van der Waals surface area (Å²) >= 11 is 0. The minimum absolute atomic E-state index is 0.0123. The number of amides is 1. The number of carbonyl (C=O) groups excluding carboxylic acids is 1. The summed E-state index contributed by atoms with van der Waals surface area (Å²) in [6.07, 6.45) is 0.426. The topological polar surface area (TPSA) is 59.6 Å². The molecule has 2 aromatic carbocycles. The van der Waals surface area contributed by atoms with Gasteiger partial charge in [-0.3, -0.25) is 4.79 Å². The molecule has 0 saturated heterocycles. The van der Waals surface area contributed by atoms with Gasteiger partial charge in [0, 0.05) is 18.7 Å². The van der Waals surface area contributed by atoms with Crippen molar-refractivity contribution in [1.82, 2.24) is 5.32 Å². The predicted octanol–water partition coefficient (Wildman–Crippen LogP) is 3.62.